The molecule has 1 heterocycles. The molecule has 3 N–H and O–H groups in total. The highest BCUT2D eigenvalue weighted by Gasteiger charge is 2.30. The summed E-state index contributed by atoms with van der Waals surface area (Å²) in [6.07, 6.45) is 0. The summed E-state index contributed by atoms with van der Waals surface area (Å²) in [6, 6.07) is 7.30. The molecule has 1 unspecified atom stereocenters. The summed E-state index contributed by atoms with van der Waals surface area (Å²) in [6.45, 7) is 3.53. The van der Waals surface area contributed by atoms with Gasteiger partial charge in [-0.25, -0.2) is 0 Å². The number of amides is 1. The second kappa shape index (κ2) is 7.02. The Morgan fingerprint density at radius 2 is 2.05 bits per heavy atom. The number of nitrogens with two attached hydrogens (primary N) is 1. The van der Waals surface area contributed by atoms with Crippen LogP contribution in [0.3, 0.4) is 0 Å². The van der Waals surface area contributed by atoms with Crippen LogP contribution >= 0.6 is 28.3 Å². The summed E-state index contributed by atoms with van der Waals surface area (Å²) in [5.41, 5.74) is 5.70. The maximum atomic E-state index is 12.2. The summed E-state index contributed by atoms with van der Waals surface area (Å²) in [5.74, 6) is 0.566. The van der Waals surface area contributed by atoms with Crippen LogP contribution in [0.25, 0.3) is 0 Å². The first-order valence-electron chi connectivity index (χ1n) is 6.02. The summed E-state index contributed by atoms with van der Waals surface area (Å²) in [5, 5.41) is 6.34. The number of hydrogen-bond acceptors (Lipinski definition) is 5. The van der Waals surface area contributed by atoms with Crippen LogP contribution in [-0.4, -0.2) is 16.0 Å². The highest BCUT2D eigenvalue weighted by molar-refractivity contribution is 9.10. The summed E-state index contributed by atoms with van der Waals surface area (Å²) in [7, 11) is 0. The number of nitrogens with zero attached hydrogens (tertiary/aromatic N) is 2. The molecule has 1 atom stereocenters. The molecule has 6 nitrogen and oxygen atoms in total. The van der Waals surface area contributed by atoms with Gasteiger partial charge in [-0.05, 0) is 31.5 Å². The lowest BCUT2D eigenvalue weighted by Crippen LogP contribution is -2.48. The van der Waals surface area contributed by atoms with Gasteiger partial charge in [0, 0.05) is 4.47 Å². The number of benzene rings is 1. The van der Waals surface area contributed by atoms with Crippen LogP contribution in [0.1, 0.15) is 24.2 Å². The highest BCUT2D eigenvalue weighted by atomic mass is 79.9. The molecule has 2 aromatic rings. The quantitative estimate of drug-likeness (QED) is 0.853. The lowest BCUT2D eigenvalue weighted by atomic mass is 9.92. The molecular formula is C13H16BrClN4O2. The maximum Gasteiger partial charge on any atom is 0.246 e. The Morgan fingerprint density at radius 3 is 2.57 bits per heavy atom. The average Bonchev–Trinajstić information content (AvgIpc) is 2.82. The highest BCUT2D eigenvalue weighted by Crippen LogP contribution is 2.20. The van der Waals surface area contributed by atoms with Crippen molar-refractivity contribution < 1.29 is 9.32 Å². The van der Waals surface area contributed by atoms with E-state index in [0.29, 0.717) is 11.7 Å². The third kappa shape index (κ3) is 4.26. The van der Waals surface area contributed by atoms with Crippen LogP contribution in [0.2, 0.25) is 0 Å². The molecule has 0 bridgehead atoms. The Bertz CT molecular complexity index is 613. The van der Waals surface area contributed by atoms with E-state index in [2.05, 4.69) is 31.4 Å². The Labute approximate surface area is 137 Å². The monoisotopic (exact) mass is 374 g/mol. The van der Waals surface area contributed by atoms with Gasteiger partial charge < -0.3 is 15.6 Å². The Hall–Kier alpha value is -1.44. The van der Waals surface area contributed by atoms with E-state index in [1.807, 2.05) is 12.1 Å². The molecular weight excluding hydrogens is 360 g/mol. The van der Waals surface area contributed by atoms with Gasteiger partial charge in [0.25, 0.3) is 0 Å². The van der Waals surface area contributed by atoms with E-state index in [1.54, 1.807) is 26.0 Å². The Morgan fingerprint density at radius 1 is 1.43 bits per heavy atom. The minimum atomic E-state index is -1.13. The van der Waals surface area contributed by atoms with Crippen LogP contribution in [-0.2, 0) is 16.9 Å². The molecule has 0 spiro atoms. The van der Waals surface area contributed by atoms with E-state index >= 15 is 0 Å². The molecule has 0 saturated carbocycles. The number of aromatic nitrogens is 2. The largest absolute Gasteiger partial charge is 0.345 e. The van der Waals surface area contributed by atoms with Gasteiger partial charge in [0.15, 0.2) is 5.82 Å². The summed E-state index contributed by atoms with van der Waals surface area (Å²) < 4.78 is 5.86. The Balaban J connectivity index is 0.00000220. The van der Waals surface area contributed by atoms with Crippen molar-refractivity contribution in [2.75, 3.05) is 0 Å². The fourth-order valence-corrected chi connectivity index (χ4v) is 1.94. The van der Waals surface area contributed by atoms with Gasteiger partial charge >= 0.3 is 0 Å². The fourth-order valence-electron chi connectivity index (χ4n) is 1.68. The molecule has 1 amide bonds. The molecule has 0 fully saturated rings. The third-order valence-corrected chi connectivity index (χ3v) is 3.41. The smallest absolute Gasteiger partial charge is 0.246 e. The molecule has 0 aliphatic rings. The Kier molecular flexibility index (Phi) is 5.88. The van der Waals surface area contributed by atoms with Crippen molar-refractivity contribution in [3.8, 4) is 0 Å². The molecule has 0 radical (unpaired) electrons. The van der Waals surface area contributed by atoms with Gasteiger partial charge in [-0.15, -0.1) is 12.4 Å². The molecule has 8 heteroatoms. The van der Waals surface area contributed by atoms with E-state index in [4.69, 9.17) is 10.3 Å². The van der Waals surface area contributed by atoms with Gasteiger partial charge in [0.2, 0.25) is 11.8 Å². The fraction of sp³-hybridized carbons (Fsp3) is 0.308. The zero-order chi connectivity index (χ0) is 14.8. The number of halogens is 2. The molecule has 2 rings (SSSR count). The van der Waals surface area contributed by atoms with E-state index in [-0.39, 0.29) is 24.9 Å². The first kappa shape index (κ1) is 17.6. The summed E-state index contributed by atoms with van der Waals surface area (Å²) in [4.78, 5) is 16.2. The van der Waals surface area contributed by atoms with Crippen molar-refractivity contribution in [2.45, 2.75) is 25.9 Å². The lowest BCUT2D eigenvalue weighted by molar-refractivity contribution is -0.126. The minimum Gasteiger partial charge on any atom is -0.345 e. The van der Waals surface area contributed by atoms with Crippen molar-refractivity contribution in [1.29, 1.82) is 0 Å². The van der Waals surface area contributed by atoms with Crippen LogP contribution < -0.4 is 11.1 Å². The van der Waals surface area contributed by atoms with Gasteiger partial charge in [-0.2, -0.15) is 4.98 Å². The molecule has 1 aromatic heterocycles. The predicted molar refractivity (Wildman–Crippen MR) is 83.8 cm³/mol. The van der Waals surface area contributed by atoms with Crippen LogP contribution in [0, 0.1) is 6.92 Å². The summed E-state index contributed by atoms with van der Waals surface area (Å²) >= 11 is 3.34. The maximum absolute atomic E-state index is 12.2. The second-order valence-electron chi connectivity index (χ2n) is 4.63. The van der Waals surface area contributed by atoms with E-state index in [0.717, 1.165) is 10.0 Å². The predicted octanol–water partition coefficient (Wildman–Crippen LogP) is 2.05. The van der Waals surface area contributed by atoms with Crippen LogP contribution in [0.5, 0.6) is 0 Å². The number of hydrogen-bond donors (Lipinski definition) is 2. The zero-order valence-corrected chi connectivity index (χ0v) is 14.0. The molecule has 0 aliphatic carbocycles. The number of aryl methyl sites for hydroxylation is 1. The number of nitrogens with one attached hydrogen (secondary N) is 1. The van der Waals surface area contributed by atoms with Crippen LogP contribution in [0.4, 0.5) is 0 Å². The number of carbonyl (C=O) groups is 1. The number of carbonyl (C=O) groups excluding carboxylic acids is 1. The number of rotatable bonds is 4. The van der Waals surface area contributed by atoms with Crippen molar-refractivity contribution in [3.05, 3.63) is 46.0 Å². The van der Waals surface area contributed by atoms with Gasteiger partial charge in [-0.1, -0.05) is 33.2 Å². The van der Waals surface area contributed by atoms with Crippen molar-refractivity contribution in [1.82, 2.24) is 15.5 Å². The molecule has 0 saturated heterocycles. The second-order valence-corrected chi connectivity index (χ2v) is 5.54. The first-order chi connectivity index (χ1) is 9.39. The van der Waals surface area contributed by atoms with E-state index in [1.165, 1.54) is 0 Å². The van der Waals surface area contributed by atoms with Gasteiger partial charge in [0.1, 0.15) is 5.54 Å². The standard InChI is InChI=1S/C13H15BrN4O2.ClH/c1-8-17-11(20-18-8)7-16-12(19)13(2,15)9-3-5-10(14)6-4-9;/h3-6H,7,15H2,1-2H3,(H,16,19);1H. The lowest BCUT2D eigenvalue weighted by Gasteiger charge is -2.23. The minimum absolute atomic E-state index is 0. The first-order valence-corrected chi connectivity index (χ1v) is 6.81. The topological polar surface area (TPSA) is 94.0 Å². The van der Waals surface area contributed by atoms with Gasteiger partial charge in [0.05, 0.1) is 6.54 Å². The van der Waals surface area contributed by atoms with Crippen molar-refractivity contribution >= 4 is 34.2 Å². The third-order valence-electron chi connectivity index (χ3n) is 2.89. The van der Waals surface area contributed by atoms with E-state index in [9.17, 15) is 4.79 Å². The van der Waals surface area contributed by atoms with Gasteiger partial charge in [-0.3, -0.25) is 4.79 Å². The molecule has 114 valence electrons. The molecule has 1 aromatic carbocycles. The molecule has 0 aliphatic heterocycles. The van der Waals surface area contributed by atoms with Crippen molar-refractivity contribution in [3.63, 3.8) is 0 Å². The zero-order valence-electron chi connectivity index (χ0n) is 11.6. The normalized spacial score (nSPS) is 13.1. The van der Waals surface area contributed by atoms with Crippen LogP contribution in [0.15, 0.2) is 33.3 Å². The molecule has 21 heavy (non-hydrogen) atoms. The SMILES string of the molecule is Cc1noc(CNC(=O)C(C)(N)c2ccc(Br)cc2)n1.Cl. The average molecular weight is 376 g/mol. The van der Waals surface area contributed by atoms with E-state index < -0.39 is 5.54 Å². The van der Waals surface area contributed by atoms with Crippen molar-refractivity contribution in [2.24, 2.45) is 5.73 Å².